The van der Waals surface area contributed by atoms with Crippen LogP contribution in [0.25, 0.3) is 0 Å². The summed E-state index contributed by atoms with van der Waals surface area (Å²) >= 11 is 1.07. The first kappa shape index (κ1) is 14.8. The second-order valence-electron chi connectivity index (χ2n) is 4.87. The van der Waals surface area contributed by atoms with E-state index in [4.69, 9.17) is 0 Å². The normalized spacial score (nSPS) is 14.1. The number of rotatable bonds is 5. The topological polar surface area (TPSA) is 79.8 Å². The van der Waals surface area contributed by atoms with Crippen LogP contribution in [-0.2, 0) is 4.79 Å². The van der Waals surface area contributed by atoms with Crippen molar-refractivity contribution >= 4 is 23.4 Å². The zero-order valence-electron chi connectivity index (χ0n) is 11.3. The van der Waals surface area contributed by atoms with Gasteiger partial charge in [0, 0.05) is 12.1 Å². The van der Waals surface area contributed by atoms with Gasteiger partial charge in [-0.25, -0.2) is 18.7 Å². The Bertz CT molecular complexity index is 770. The molecule has 0 atom stereocenters. The number of benzene rings is 1. The standard InChI is InChI=1S/C13H12F2N4O2S/c14-7-1-4-9(15)10(5-7)16-11(20)6-22-13-18-17-12(21)19(13)8-2-3-8/h1,4-5,8H,2-3,6H2,(H,16,20)(H,17,21). The zero-order chi connectivity index (χ0) is 15.7. The molecule has 0 unspecified atom stereocenters. The second-order valence-corrected chi connectivity index (χ2v) is 5.82. The molecule has 9 heteroatoms. The highest BCUT2D eigenvalue weighted by Gasteiger charge is 2.28. The van der Waals surface area contributed by atoms with Crippen molar-refractivity contribution in [2.24, 2.45) is 0 Å². The first-order valence-corrected chi connectivity index (χ1v) is 7.58. The van der Waals surface area contributed by atoms with Crippen LogP contribution in [0.4, 0.5) is 14.5 Å². The fourth-order valence-electron chi connectivity index (χ4n) is 1.96. The average molecular weight is 326 g/mol. The first-order chi connectivity index (χ1) is 10.5. The number of anilines is 1. The van der Waals surface area contributed by atoms with E-state index in [0.717, 1.165) is 42.8 Å². The Hall–Kier alpha value is -2.16. The van der Waals surface area contributed by atoms with Gasteiger partial charge in [-0.3, -0.25) is 9.36 Å². The molecular formula is C13H12F2N4O2S. The molecule has 0 radical (unpaired) electrons. The van der Waals surface area contributed by atoms with E-state index < -0.39 is 17.5 Å². The molecule has 1 aromatic carbocycles. The van der Waals surface area contributed by atoms with Crippen molar-refractivity contribution in [3.8, 4) is 0 Å². The van der Waals surface area contributed by atoms with E-state index in [1.165, 1.54) is 4.57 Å². The smallest absolute Gasteiger partial charge is 0.323 e. The van der Waals surface area contributed by atoms with E-state index in [-0.39, 0.29) is 23.2 Å². The lowest BCUT2D eigenvalue weighted by Crippen LogP contribution is -2.18. The van der Waals surface area contributed by atoms with Gasteiger partial charge in [0.15, 0.2) is 5.16 Å². The number of hydrogen-bond acceptors (Lipinski definition) is 4. The summed E-state index contributed by atoms with van der Waals surface area (Å²) < 4.78 is 28.0. The van der Waals surface area contributed by atoms with Crippen LogP contribution in [0.5, 0.6) is 0 Å². The predicted molar refractivity (Wildman–Crippen MR) is 76.8 cm³/mol. The van der Waals surface area contributed by atoms with Gasteiger partial charge in [-0.05, 0) is 25.0 Å². The molecule has 0 aliphatic heterocycles. The van der Waals surface area contributed by atoms with E-state index in [1.807, 2.05) is 0 Å². The van der Waals surface area contributed by atoms with Crippen LogP contribution in [0.3, 0.4) is 0 Å². The van der Waals surface area contributed by atoms with Crippen molar-refractivity contribution < 1.29 is 13.6 Å². The molecule has 1 aliphatic carbocycles. The van der Waals surface area contributed by atoms with Crippen LogP contribution in [0.2, 0.25) is 0 Å². The molecule has 1 heterocycles. The number of H-pyrrole nitrogens is 1. The molecule has 0 spiro atoms. The van der Waals surface area contributed by atoms with Crippen LogP contribution < -0.4 is 11.0 Å². The number of halogens is 2. The lowest BCUT2D eigenvalue weighted by molar-refractivity contribution is -0.113. The molecule has 6 nitrogen and oxygen atoms in total. The van der Waals surface area contributed by atoms with Gasteiger partial charge < -0.3 is 5.32 Å². The Morgan fingerprint density at radius 1 is 1.45 bits per heavy atom. The highest BCUT2D eigenvalue weighted by atomic mass is 32.2. The molecule has 3 rings (SSSR count). The summed E-state index contributed by atoms with van der Waals surface area (Å²) in [6.45, 7) is 0. The fourth-order valence-corrected chi connectivity index (χ4v) is 2.77. The Balaban J connectivity index is 1.63. The van der Waals surface area contributed by atoms with Crippen molar-refractivity contribution in [1.82, 2.24) is 14.8 Å². The lowest BCUT2D eigenvalue weighted by Gasteiger charge is -2.06. The molecule has 1 aromatic heterocycles. The minimum absolute atomic E-state index is 0.0625. The fraction of sp³-hybridized carbons (Fsp3) is 0.308. The highest BCUT2D eigenvalue weighted by molar-refractivity contribution is 7.99. The number of nitrogens with one attached hydrogen (secondary N) is 2. The van der Waals surface area contributed by atoms with Gasteiger partial charge >= 0.3 is 5.69 Å². The van der Waals surface area contributed by atoms with Gasteiger partial charge in [0.1, 0.15) is 11.6 Å². The molecule has 1 fully saturated rings. The molecular weight excluding hydrogens is 314 g/mol. The number of amides is 1. The molecule has 2 N–H and O–H groups in total. The Labute approximate surface area is 127 Å². The van der Waals surface area contributed by atoms with E-state index in [2.05, 4.69) is 15.5 Å². The minimum Gasteiger partial charge on any atom is -0.323 e. The maximum Gasteiger partial charge on any atom is 0.344 e. The van der Waals surface area contributed by atoms with Gasteiger partial charge in [0.05, 0.1) is 11.4 Å². The van der Waals surface area contributed by atoms with Crippen LogP contribution in [0, 0.1) is 11.6 Å². The molecule has 22 heavy (non-hydrogen) atoms. The van der Waals surface area contributed by atoms with Crippen LogP contribution in [0.15, 0.2) is 28.2 Å². The lowest BCUT2D eigenvalue weighted by atomic mass is 10.3. The minimum atomic E-state index is -0.714. The van der Waals surface area contributed by atoms with Gasteiger partial charge in [0.2, 0.25) is 5.91 Å². The van der Waals surface area contributed by atoms with Crippen LogP contribution >= 0.6 is 11.8 Å². The number of carbonyl (C=O) groups is 1. The summed E-state index contributed by atoms with van der Waals surface area (Å²) in [6.07, 6.45) is 1.82. The number of hydrogen-bond donors (Lipinski definition) is 2. The molecule has 0 bridgehead atoms. The predicted octanol–water partition coefficient (Wildman–Crippen LogP) is 1.92. The first-order valence-electron chi connectivity index (χ1n) is 6.59. The summed E-state index contributed by atoms with van der Waals surface area (Å²) in [7, 11) is 0. The number of nitrogens with zero attached hydrogens (tertiary/aromatic N) is 2. The second kappa shape index (κ2) is 5.91. The number of thioether (sulfide) groups is 1. The maximum absolute atomic E-state index is 13.4. The van der Waals surface area contributed by atoms with Gasteiger partial charge in [-0.2, -0.15) is 0 Å². The van der Waals surface area contributed by atoms with E-state index in [1.54, 1.807) is 0 Å². The summed E-state index contributed by atoms with van der Waals surface area (Å²) in [4.78, 5) is 23.4. The van der Waals surface area contributed by atoms with Crippen molar-refractivity contribution in [2.45, 2.75) is 24.0 Å². The van der Waals surface area contributed by atoms with Gasteiger partial charge in [0.25, 0.3) is 0 Å². The van der Waals surface area contributed by atoms with Crippen molar-refractivity contribution in [1.29, 1.82) is 0 Å². The zero-order valence-corrected chi connectivity index (χ0v) is 12.1. The molecule has 116 valence electrons. The van der Waals surface area contributed by atoms with Crippen molar-refractivity contribution in [2.75, 3.05) is 11.1 Å². The SMILES string of the molecule is O=C(CSc1n[nH]c(=O)n1C1CC1)Nc1cc(F)ccc1F. The summed E-state index contributed by atoms with van der Waals surface area (Å²) in [5, 5.41) is 8.92. The van der Waals surface area contributed by atoms with Gasteiger partial charge in [-0.15, -0.1) is 5.10 Å². The van der Waals surface area contributed by atoms with E-state index in [9.17, 15) is 18.4 Å². The average Bonchev–Trinajstić information content (AvgIpc) is 3.24. The van der Waals surface area contributed by atoms with Crippen LogP contribution in [-0.4, -0.2) is 26.4 Å². The van der Waals surface area contributed by atoms with Crippen molar-refractivity contribution in [3.05, 3.63) is 40.3 Å². The monoisotopic (exact) mass is 326 g/mol. The maximum atomic E-state index is 13.4. The molecule has 1 saturated carbocycles. The Morgan fingerprint density at radius 2 is 2.23 bits per heavy atom. The Kier molecular flexibility index (Phi) is 3.97. The number of aromatic nitrogens is 3. The number of carbonyl (C=O) groups excluding carboxylic acids is 1. The third-order valence-corrected chi connectivity index (χ3v) is 4.07. The third-order valence-electron chi connectivity index (χ3n) is 3.12. The largest absolute Gasteiger partial charge is 0.344 e. The molecule has 1 aliphatic rings. The quantitative estimate of drug-likeness (QED) is 0.823. The molecule has 2 aromatic rings. The van der Waals surface area contributed by atoms with E-state index in [0.29, 0.717) is 5.16 Å². The van der Waals surface area contributed by atoms with Gasteiger partial charge in [-0.1, -0.05) is 11.8 Å². The van der Waals surface area contributed by atoms with Crippen molar-refractivity contribution in [3.63, 3.8) is 0 Å². The molecule has 0 saturated heterocycles. The van der Waals surface area contributed by atoms with Crippen LogP contribution in [0.1, 0.15) is 18.9 Å². The summed E-state index contributed by atoms with van der Waals surface area (Å²) in [6, 6.07) is 2.96. The third kappa shape index (κ3) is 3.19. The summed E-state index contributed by atoms with van der Waals surface area (Å²) in [5.41, 5.74) is -0.520. The van der Waals surface area contributed by atoms with E-state index >= 15 is 0 Å². The molecule has 1 amide bonds. The Morgan fingerprint density at radius 3 is 2.95 bits per heavy atom. The highest BCUT2D eigenvalue weighted by Crippen LogP contribution is 2.35. The summed E-state index contributed by atoms with van der Waals surface area (Å²) in [5.74, 6) is -1.92. The number of aromatic amines is 1.